The van der Waals surface area contributed by atoms with E-state index in [1.165, 1.54) is 44.7 Å². The van der Waals surface area contributed by atoms with Crippen LogP contribution in [0.15, 0.2) is 50.3 Å². The molecule has 3 aromatic heterocycles. The quantitative estimate of drug-likeness (QED) is 0.510. The summed E-state index contributed by atoms with van der Waals surface area (Å²) in [4.78, 5) is 17.1. The molecule has 126 valence electrons. The SMILES string of the molecule is Cc1ccc(-c2nnc(SCc3cc(=O)n4ccsc4n3)o2)cc1C. The van der Waals surface area contributed by atoms with Gasteiger partial charge in [-0.1, -0.05) is 17.8 Å². The van der Waals surface area contributed by atoms with Gasteiger partial charge in [0.15, 0.2) is 4.96 Å². The molecule has 0 fully saturated rings. The Labute approximate surface area is 151 Å². The molecule has 0 saturated heterocycles. The second-order valence-corrected chi connectivity index (χ2v) is 7.40. The molecule has 3 heterocycles. The van der Waals surface area contributed by atoms with Crippen molar-refractivity contribution >= 4 is 28.1 Å². The van der Waals surface area contributed by atoms with Gasteiger partial charge < -0.3 is 4.42 Å². The number of rotatable bonds is 4. The third-order valence-electron chi connectivity index (χ3n) is 3.86. The summed E-state index contributed by atoms with van der Waals surface area (Å²) >= 11 is 2.80. The van der Waals surface area contributed by atoms with Crippen LogP contribution < -0.4 is 5.56 Å². The zero-order valence-corrected chi connectivity index (χ0v) is 15.2. The molecule has 0 bridgehead atoms. The Morgan fingerprint density at radius 3 is 2.92 bits per heavy atom. The van der Waals surface area contributed by atoms with Crippen LogP contribution in [-0.2, 0) is 5.75 Å². The molecule has 0 atom stereocenters. The summed E-state index contributed by atoms with van der Waals surface area (Å²) in [6.07, 6.45) is 1.72. The van der Waals surface area contributed by atoms with Gasteiger partial charge in [-0.2, -0.15) is 0 Å². The molecule has 6 nitrogen and oxygen atoms in total. The molecule has 0 unspecified atom stereocenters. The largest absolute Gasteiger partial charge is 0.411 e. The number of aryl methyl sites for hydroxylation is 2. The second-order valence-electron chi connectivity index (χ2n) is 5.60. The highest BCUT2D eigenvalue weighted by Crippen LogP contribution is 2.26. The minimum Gasteiger partial charge on any atom is -0.411 e. The summed E-state index contributed by atoms with van der Waals surface area (Å²) in [5.41, 5.74) is 3.92. The minimum atomic E-state index is -0.0804. The fourth-order valence-corrected chi connectivity index (χ4v) is 3.75. The average Bonchev–Trinajstić information content (AvgIpc) is 3.25. The lowest BCUT2D eigenvalue weighted by Crippen LogP contribution is -2.12. The highest BCUT2D eigenvalue weighted by molar-refractivity contribution is 7.98. The average molecular weight is 370 g/mol. The van der Waals surface area contributed by atoms with E-state index in [-0.39, 0.29) is 5.56 Å². The van der Waals surface area contributed by atoms with Crippen LogP contribution in [0.5, 0.6) is 0 Å². The van der Waals surface area contributed by atoms with Gasteiger partial charge in [-0.15, -0.1) is 21.5 Å². The Morgan fingerprint density at radius 1 is 1.20 bits per heavy atom. The third kappa shape index (κ3) is 3.22. The van der Waals surface area contributed by atoms with Gasteiger partial charge in [0.1, 0.15) is 0 Å². The summed E-state index contributed by atoms with van der Waals surface area (Å²) in [7, 11) is 0. The maximum atomic E-state index is 12.0. The Morgan fingerprint density at radius 2 is 2.08 bits per heavy atom. The van der Waals surface area contributed by atoms with Gasteiger partial charge in [0.05, 0.1) is 5.69 Å². The maximum Gasteiger partial charge on any atom is 0.277 e. The molecule has 1 aromatic carbocycles. The van der Waals surface area contributed by atoms with Crippen LogP contribution in [0.2, 0.25) is 0 Å². The van der Waals surface area contributed by atoms with E-state index in [1.807, 2.05) is 23.6 Å². The van der Waals surface area contributed by atoms with Crippen molar-refractivity contribution in [2.24, 2.45) is 0 Å². The summed E-state index contributed by atoms with van der Waals surface area (Å²) in [6, 6.07) is 7.57. The van der Waals surface area contributed by atoms with E-state index in [0.29, 0.717) is 27.5 Å². The molecular formula is C17H14N4O2S2. The number of hydrogen-bond acceptors (Lipinski definition) is 7. The fraction of sp³-hybridized carbons (Fsp3) is 0.176. The van der Waals surface area contributed by atoms with Crippen molar-refractivity contribution in [1.29, 1.82) is 0 Å². The lowest BCUT2D eigenvalue weighted by molar-refractivity contribution is 0.465. The normalized spacial score (nSPS) is 11.3. The maximum absolute atomic E-state index is 12.0. The Bertz CT molecular complexity index is 1110. The Hall–Kier alpha value is -2.45. The first-order valence-corrected chi connectivity index (χ1v) is 9.46. The molecule has 4 aromatic rings. The van der Waals surface area contributed by atoms with Gasteiger partial charge in [0, 0.05) is 29.0 Å². The Balaban J connectivity index is 1.52. The molecule has 0 aliphatic carbocycles. The lowest BCUT2D eigenvalue weighted by atomic mass is 10.1. The van der Waals surface area contributed by atoms with Crippen molar-refractivity contribution in [3.8, 4) is 11.5 Å². The molecule has 4 rings (SSSR count). The van der Waals surface area contributed by atoms with Gasteiger partial charge in [-0.3, -0.25) is 9.20 Å². The zero-order chi connectivity index (χ0) is 17.4. The number of fused-ring (bicyclic) bond motifs is 1. The van der Waals surface area contributed by atoms with E-state index >= 15 is 0 Å². The summed E-state index contributed by atoms with van der Waals surface area (Å²) in [6.45, 7) is 4.12. The number of hydrogen-bond donors (Lipinski definition) is 0. The van der Waals surface area contributed by atoms with E-state index < -0.39 is 0 Å². The van der Waals surface area contributed by atoms with Crippen molar-refractivity contribution < 1.29 is 4.42 Å². The smallest absolute Gasteiger partial charge is 0.277 e. The zero-order valence-electron chi connectivity index (χ0n) is 13.6. The highest BCUT2D eigenvalue weighted by atomic mass is 32.2. The van der Waals surface area contributed by atoms with Gasteiger partial charge >= 0.3 is 0 Å². The van der Waals surface area contributed by atoms with Crippen molar-refractivity contribution in [3.63, 3.8) is 0 Å². The number of aromatic nitrogens is 4. The molecule has 8 heteroatoms. The van der Waals surface area contributed by atoms with Crippen LogP contribution in [0.1, 0.15) is 16.8 Å². The predicted molar refractivity (Wildman–Crippen MR) is 98.1 cm³/mol. The van der Waals surface area contributed by atoms with Crippen LogP contribution in [0.3, 0.4) is 0 Å². The Kier molecular flexibility index (Phi) is 4.14. The highest BCUT2D eigenvalue weighted by Gasteiger charge is 2.11. The van der Waals surface area contributed by atoms with E-state index in [4.69, 9.17) is 4.42 Å². The van der Waals surface area contributed by atoms with Gasteiger partial charge in [-0.05, 0) is 37.1 Å². The molecule has 25 heavy (non-hydrogen) atoms. The number of benzene rings is 1. The fourth-order valence-electron chi connectivity index (χ4n) is 2.36. The molecule has 0 aliphatic heterocycles. The van der Waals surface area contributed by atoms with Gasteiger partial charge in [0.25, 0.3) is 10.8 Å². The first-order valence-electron chi connectivity index (χ1n) is 7.60. The van der Waals surface area contributed by atoms with E-state index in [2.05, 4.69) is 29.0 Å². The van der Waals surface area contributed by atoms with Crippen molar-refractivity contribution in [3.05, 3.63) is 63.0 Å². The van der Waals surface area contributed by atoms with E-state index in [1.54, 1.807) is 6.20 Å². The molecule has 0 spiro atoms. The van der Waals surface area contributed by atoms with E-state index in [0.717, 1.165) is 5.56 Å². The topological polar surface area (TPSA) is 73.3 Å². The minimum absolute atomic E-state index is 0.0804. The van der Waals surface area contributed by atoms with Crippen molar-refractivity contribution in [1.82, 2.24) is 19.6 Å². The van der Waals surface area contributed by atoms with Crippen LogP contribution in [0.4, 0.5) is 0 Å². The van der Waals surface area contributed by atoms with E-state index in [9.17, 15) is 4.79 Å². The van der Waals surface area contributed by atoms with Crippen LogP contribution in [0.25, 0.3) is 16.4 Å². The summed E-state index contributed by atoms with van der Waals surface area (Å²) < 4.78 is 7.25. The summed E-state index contributed by atoms with van der Waals surface area (Å²) in [5, 5.41) is 10.5. The number of nitrogens with zero attached hydrogens (tertiary/aromatic N) is 4. The van der Waals surface area contributed by atoms with Gasteiger partial charge in [0.2, 0.25) is 5.89 Å². The number of thioether (sulfide) groups is 1. The molecule has 0 N–H and O–H groups in total. The van der Waals surface area contributed by atoms with Crippen LogP contribution in [-0.4, -0.2) is 19.6 Å². The van der Waals surface area contributed by atoms with Crippen LogP contribution >= 0.6 is 23.1 Å². The predicted octanol–water partition coefficient (Wildman–Crippen LogP) is 3.72. The first kappa shape index (κ1) is 16.0. The standard InChI is InChI=1S/C17H14N4O2S2/c1-10-3-4-12(7-11(10)2)15-19-20-17(23-15)25-9-13-8-14(22)21-5-6-24-16(21)18-13/h3-8H,9H2,1-2H3. The first-order chi connectivity index (χ1) is 12.1. The molecule has 0 amide bonds. The summed E-state index contributed by atoms with van der Waals surface area (Å²) in [5.74, 6) is 0.991. The lowest BCUT2D eigenvalue weighted by Gasteiger charge is -2.01. The van der Waals surface area contributed by atoms with Crippen molar-refractivity contribution in [2.75, 3.05) is 0 Å². The monoisotopic (exact) mass is 370 g/mol. The van der Waals surface area contributed by atoms with Crippen LogP contribution in [0, 0.1) is 13.8 Å². The second kappa shape index (κ2) is 6.45. The number of thiazole rings is 1. The molecular weight excluding hydrogens is 356 g/mol. The molecule has 0 radical (unpaired) electrons. The van der Waals surface area contributed by atoms with Gasteiger partial charge in [-0.25, -0.2) is 4.98 Å². The molecule has 0 aliphatic rings. The third-order valence-corrected chi connectivity index (χ3v) is 5.47. The van der Waals surface area contributed by atoms with Crippen molar-refractivity contribution in [2.45, 2.75) is 24.8 Å². The molecule has 0 saturated carbocycles.